The Morgan fingerprint density at radius 3 is 2.38 bits per heavy atom. The first-order valence-electron chi connectivity index (χ1n) is 10.3. The number of amides is 2. The summed E-state index contributed by atoms with van der Waals surface area (Å²) in [5.41, 5.74) is 0. The fraction of sp³-hybridized carbons (Fsp3) is 0.500. The minimum atomic E-state index is -0.114. The van der Waals surface area contributed by atoms with Crippen LogP contribution in [0.1, 0.15) is 12.8 Å². The molecule has 4 rings (SSSR count). The number of thioether (sulfide) groups is 1. The normalized spacial score (nSPS) is 27.6. The van der Waals surface area contributed by atoms with E-state index < -0.39 is 0 Å². The Hall–Kier alpha value is -2.28. The Morgan fingerprint density at radius 2 is 1.72 bits per heavy atom. The summed E-state index contributed by atoms with van der Waals surface area (Å²) in [4.78, 5) is 32.3. The molecule has 3 aliphatic rings. The zero-order valence-electron chi connectivity index (χ0n) is 16.7. The molecule has 1 heterocycles. The van der Waals surface area contributed by atoms with Crippen LogP contribution in [-0.4, -0.2) is 55.1 Å². The fourth-order valence-electron chi connectivity index (χ4n) is 4.68. The predicted molar refractivity (Wildman–Crippen MR) is 116 cm³/mol. The number of benzene rings is 1. The van der Waals surface area contributed by atoms with Crippen LogP contribution in [0.4, 0.5) is 0 Å². The lowest BCUT2D eigenvalue weighted by molar-refractivity contribution is -0.140. The van der Waals surface area contributed by atoms with Crippen molar-refractivity contribution in [3.8, 4) is 0 Å². The number of nitrogens with one attached hydrogen (secondary N) is 2. The summed E-state index contributed by atoms with van der Waals surface area (Å²) < 4.78 is 0. The van der Waals surface area contributed by atoms with Crippen LogP contribution in [0.5, 0.6) is 0 Å². The summed E-state index contributed by atoms with van der Waals surface area (Å²) >= 11 is 1.84. The van der Waals surface area contributed by atoms with Crippen molar-refractivity contribution in [2.75, 3.05) is 32.4 Å². The topological polar surface area (TPSA) is 73.8 Å². The van der Waals surface area contributed by atoms with Gasteiger partial charge in [-0.25, -0.2) is 0 Å². The number of hydrogen-bond donors (Lipinski definition) is 2. The molecule has 0 spiro atoms. The molecule has 2 amide bonds. The number of imide groups is 1. The summed E-state index contributed by atoms with van der Waals surface area (Å²) in [6, 6.07) is 10.4. The molecule has 0 radical (unpaired) electrons. The Bertz CT molecular complexity index is 780. The van der Waals surface area contributed by atoms with Crippen molar-refractivity contribution < 1.29 is 9.59 Å². The second-order valence-electron chi connectivity index (χ2n) is 7.77. The Morgan fingerprint density at radius 1 is 1.07 bits per heavy atom. The number of likely N-dealkylation sites (tertiary alicyclic amines) is 1. The second-order valence-corrected chi connectivity index (χ2v) is 8.94. The number of nitrogens with zero attached hydrogens (tertiary/aromatic N) is 2. The first-order chi connectivity index (χ1) is 14.2. The number of rotatable bonds is 8. The SMILES string of the molecule is CN=C(NCCCSc1ccccc1)NCCN1C(=O)C2C3C=CC(C3)C2C1=O. The monoisotopic (exact) mass is 412 g/mol. The van der Waals surface area contributed by atoms with Gasteiger partial charge < -0.3 is 10.6 Å². The molecule has 2 bridgehead atoms. The minimum absolute atomic E-state index is 0.0135. The van der Waals surface area contributed by atoms with Crippen LogP contribution in [-0.2, 0) is 9.59 Å². The van der Waals surface area contributed by atoms with Crippen LogP contribution in [0.25, 0.3) is 0 Å². The van der Waals surface area contributed by atoms with E-state index in [1.54, 1.807) is 7.05 Å². The Kier molecular flexibility index (Phi) is 6.23. The highest BCUT2D eigenvalue weighted by molar-refractivity contribution is 7.99. The van der Waals surface area contributed by atoms with Gasteiger partial charge in [0.1, 0.15) is 0 Å². The fourth-order valence-corrected chi connectivity index (χ4v) is 5.55. The number of aliphatic imine (C=N–C) groups is 1. The summed E-state index contributed by atoms with van der Waals surface area (Å²) in [7, 11) is 1.73. The lowest BCUT2D eigenvalue weighted by Gasteiger charge is -2.18. The average Bonchev–Trinajstić information content (AvgIpc) is 3.42. The Labute approximate surface area is 176 Å². The van der Waals surface area contributed by atoms with Crippen molar-refractivity contribution >= 4 is 29.5 Å². The number of carbonyl (C=O) groups excluding carboxylic acids is 2. The van der Waals surface area contributed by atoms with Gasteiger partial charge in [-0.05, 0) is 42.6 Å². The van der Waals surface area contributed by atoms with Gasteiger partial charge in [0.25, 0.3) is 0 Å². The molecule has 1 aromatic rings. The van der Waals surface area contributed by atoms with Crippen LogP contribution >= 0.6 is 11.8 Å². The van der Waals surface area contributed by atoms with E-state index in [0.29, 0.717) is 19.0 Å². The lowest BCUT2D eigenvalue weighted by atomic mass is 9.85. The van der Waals surface area contributed by atoms with Crippen molar-refractivity contribution in [1.29, 1.82) is 0 Å². The summed E-state index contributed by atoms with van der Waals surface area (Å²) in [6.45, 7) is 1.73. The zero-order chi connectivity index (χ0) is 20.2. The van der Waals surface area contributed by atoms with Crippen molar-refractivity contribution in [3.63, 3.8) is 0 Å². The zero-order valence-corrected chi connectivity index (χ0v) is 17.5. The maximum absolute atomic E-state index is 12.7. The molecule has 0 aromatic heterocycles. The quantitative estimate of drug-likeness (QED) is 0.171. The van der Waals surface area contributed by atoms with Crippen molar-refractivity contribution in [2.24, 2.45) is 28.7 Å². The first-order valence-corrected chi connectivity index (χ1v) is 11.3. The molecule has 7 heteroatoms. The maximum Gasteiger partial charge on any atom is 0.233 e. The van der Waals surface area contributed by atoms with Gasteiger partial charge in [-0.1, -0.05) is 30.4 Å². The molecule has 4 unspecified atom stereocenters. The highest BCUT2D eigenvalue weighted by Gasteiger charge is 2.58. The van der Waals surface area contributed by atoms with Crippen LogP contribution in [0.15, 0.2) is 52.4 Å². The molecule has 2 N–H and O–H groups in total. The molecule has 29 heavy (non-hydrogen) atoms. The molecular formula is C22H28N4O2S. The molecule has 2 fully saturated rings. The number of guanidine groups is 1. The number of allylic oxidation sites excluding steroid dienone is 2. The molecule has 1 aromatic carbocycles. The summed E-state index contributed by atoms with van der Waals surface area (Å²) in [5, 5.41) is 6.51. The number of fused-ring (bicyclic) bond motifs is 5. The van der Waals surface area contributed by atoms with Crippen molar-refractivity contribution in [1.82, 2.24) is 15.5 Å². The van der Waals surface area contributed by atoms with Crippen molar-refractivity contribution in [2.45, 2.75) is 17.7 Å². The van der Waals surface area contributed by atoms with E-state index in [9.17, 15) is 9.59 Å². The minimum Gasteiger partial charge on any atom is -0.356 e. The third-order valence-electron chi connectivity index (χ3n) is 6.04. The summed E-state index contributed by atoms with van der Waals surface area (Å²) in [5.74, 6) is 2.07. The predicted octanol–water partition coefficient (Wildman–Crippen LogP) is 2.14. The molecule has 2 aliphatic carbocycles. The van der Waals surface area contributed by atoms with E-state index in [-0.39, 0.29) is 35.5 Å². The van der Waals surface area contributed by atoms with E-state index in [4.69, 9.17) is 0 Å². The van der Waals surface area contributed by atoms with Gasteiger partial charge in [-0.3, -0.25) is 19.5 Å². The summed E-state index contributed by atoms with van der Waals surface area (Å²) in [6.07, 6.45) is 6.24. The van der Waals surface area contributed by atoms with Crippen LogP contribution in [0, 0.1) is 23.7 Å². The van der Waals surface area contributed by atoms with Crippen LogP contribution in [0.2, 0.25) is 0 Å². The first kappa shape index (κ1) is 20.0. The van der Waals surface area contributed by atoms with E-state index in [2.05, 4.69) is 52.0 Å². The van der Waals surface area contributed by atoms with E-state index in [0.717, 1.165) is 25.1 Å². The number of hydrogen-bond acceptors (Lipinski definition) is 4. The highest BCUT2D eigenvalue weighted by atomic mass is 32.2. The number of carbonyl (C=O) groups is 2. The van der Waals surface area contributed by atoms with Crippen LogP contribution < -0.4 is 10.6 Å². The molecule has 6 nitrogen and oxygen atoms in total. The smallest absolute Gasteiger partial charge is 0.233 e. The van der Waals surface area contributed by atoms with Gasteiger partial charge in [0, 0.05) is 31.6 Å². The Balaban J connectivity index is 1.15. The standard InChI is InChI=1S/C22H28N4O2S/c1-23-22(24-10-5-13-29-17-6-3-2-4-7-17)25-11-12-26-20(27)18-15-8-9-16(14-15)19(18)21(26)28/h2-4,6-9,15-16,18-19H,5,10-14H2,1H3,(H2,23,24,25). The third kappa shape index (κ3) is 4.20. The average molecular weight is 413 g/mol. The molecular weight excluding hydrogens is 384 g/mol. The molecule has 1 aliphatic heterocycles. The third-order valence-corrected chi connectivity index (χ3v) is 7.14. The van der Waals surface area contributed by atoms with Gasteiger partial charge in [0.05, 0.1) is 11.8 Å². The van der Waals surface area contributed by atoms with Gasteiger partial charge in [-0.2, -0.15) is 0 Å². The molecule has 1 saturated heterocycles. The van der Waals surface area contributed by atoms with E-state index >= 15 is 0 Å². The lowest BCUT2D eigenvalue weighted by Crippen LogP contribution is -2.44. The van der Waals surface area contributed by atoms with Gasteiger partial charge in [0.15, 0.2) is 5.96 Å². The van der Waals surface area contributed by atoms with E-state index in [1.807, 2.05) is 17.8 Å². The van der Waals surface area contributed by atoms with Gasteiger partial charge in [0.2, 0.25) is 11.8 Å². The molecule has 1 saturated carbocycles. The van der Waals surface area contributed by atoms with E-state index in [1.165, 1.54) is 9.80 Å². The van der Waals surface area contributed by atoms with Crippen molar-refractivity contribution in [3.05, 3.63) is 42.5 Å². The van der Waals surface area contributed by atoms with Gasteiger partial charge in [-0.15, -0.1) is 11.8 Å². The van der Waals surface area contributed by atoms with Gasteiger partial charge >= 0.3 is 0 Å². The second kappa shape index (κ2) is 9.03. The highest BCUT2D eigenvalue weighted by Crippen LogP contribution is 2.52. The largest absolute Gasteiger partial charge is 0.356 e. The maximum atomic E-state index is 12.7. The van der Waals surface area contributed by atoms with Crippen LogP contribution in [0.3, 0.4) is 0 Å². The molecule has 154 valence electrons. The molecule has 4 atom stereocenters.